The van der Waals surface area contributed by atoms with Gasteiger partial charge in [-0.15, -0.1) is 0 Å². The van der Waals surface area contributed by atoms with E-state index in [1.54, 1.807) is 15.6 Å². The van der Waals surface area contributed by atoms with Crippen LogP contribution in [0.3, 0.4) is 0 Å². The molecule has 8 nitrogen and oxygen atoms in total. The molecule has 4 amide bonds. The van der Waals surface area contributed by atoms with E-state index in [1.807, 2.05) is 49.6 Å². The lowest BCUT2D eigenvalue weighted by atomic mass is 9.99. The highest BCUT2D eigenvalue weighted by Crippen LogP contribution is 2.28. The Morgan fingerprint density at radius 3 is 2.66 bits per heavy atom. The number of rotatable bonds is 6. The number of imide groups is 1. The van der Waals surface area contributed by atoms with E-state index < -0.39 is 17.9 Å². The van der Waals surface area contributed by atoms with Gasteiger partial charge in [0.15, 0.2) is 0 Å². The summed E-state index contributed by atoms with van der Waals surface area (Å²) in [6.07, 6.45) is 2.25. The lowest BCUT2D eigenvalue weighted by Crippen LogP contribution is -2.42. The zero-order chi connectivity index (χ0) is 24.5. The van der Waals surface area contributed by atoms with E-state index in [-0.39, 0.29) is 12.5 Å². The molecule has 4 aromatic rings. The van der Waals surface area contributed by atoms with Crippen LogP contribution in [-0.4, -0.2) is 39.6 Å². The minimum atomic E-state index is -0.675. The molecule has 1 aliphatic heterocycles. The van der Waals surface area contributed by atoms with Crippen LogP contribution in [0.1, 0.15) is 27.5 Å². The third-order valence-corrected chi connectivity index (χ3v) is 6.11. The molecule has 0 spiro atoms. The van der Waals surface area contributed by atoms with Crippen molar-refractivity contribution in [1.82, 2.24) is 25.3 Å². The van der Waals surface area contributed by atoms with Crippen LogP contribution in [0.15, 0.2) is 66.9 Å². The average Bonchev–Trinajstić information content (AvgIpc) is 3.37. The van der Waals surface area contributed by atoms with Crippen LogP contribution in [0, 0.1) is 5.82 Å². The molecular weight excluding hydrogens is 449 g/mol. The molecule has 5 rings (SSSR count). The van der Waals surface area contributed by atoms with Crippen LogP contribution in [0.25, 0.3) is 22.0 Å². The van der Waals surface area contributed by atoms with Gasteiger partial charge in [-0.05, 0) is 46.5 Å². The second kappa shape index (κ2) is 9.02. The summed E-state index contributed by atoms with van der Waals surface area (Å²) in [5.74, 6) is -0.775. The highest BCUT2D eigenvalue weighted by atomic mass is 19.1. The van der Waals surface area contributed by atoms with Gasteiger partial charge in [-0.25, -0.2) is 9.18 Å². The highest BCUT2D eigenvalue weighted by Gasteiger charge is 2.30. The summed E-state index contributed by atoms with van der Waals surface area (Å²) in [6.45, 7) is 0.466. The maximum atomic E-state index is 13.6. The molecule has 0 saturated carbocycles. The first-order valence-electron chi connectivity index (χ1n) is 11.0. The van der Waals surface area contributed by atoms with Crippen molar-refractivity contribution in [2.24, 2.45) is 7.05 Å². The van der Waals surface area contributed by atoms with E-state index in [4.69, 9.17) is 0 Å². The molecule has 2 N–H and O–H groups in total. The first-order valence-corrected chi connectivity index (χ1v) is 11.0. The normalized spacial score (nSPS) is 13.5. The van der Waals surface area contributed by atoms with Gasteiger partial charge in [-0.1, -0.05) is 36.4 Å². The second-order valence-electron chi connectivity index (χ2n) is 8.47. The summed E-state index contributed by atoms with van der Waals surface area (Å²) in [7, 11) is 1.88. The Bertz CT molecular complexity index is 1450. The van der Waals surface area contributed by atoms with Crippen LogP contribution in [-0.2, 0) is 18.4 Å². The number of aryl methyl sites for hydroxylation is 1. The number of halogens is 1. The quantitative estimate of drug-likeness (QED) is 0.421. The average molecular weight is 471 g/mol. The molecular formula is C26H22FN5O3. The van der Waals surface area contributed by atoms with Crippen molar-refractivity contribution in [2.75, 3.05) is 6.54 Å². The summed E-state index contributed by atoms with van der Waals surface area (Å²) >= 11 is 0. The molecule has 9 heteroatoms. The van der Waals surface area contributed by atoms with Crippen LogP contribution in [0.5, 0.6) is 0 Å². The molecule has 1 aliphatic rings. The molecule has 0 bridgehead atoms. The number of urea groups is 1. The molecule has 0 unspecified atom stereocenters. The Balaban J connectivity index is 1.40. The molecule has 0 radical (unpaired) electrons. The highest BCUT2D eigenvalue weighted by molar-refractivity contribution is 5.98. The molecule has 1 atom stereocenters. The van der Waals surface area contributed by atoms with E-state index in [0.717, 1.165) is 33.2 Å². The van der Waals surface area contributed by atoms with Gasteiger partial charge in [-0.3, -0.25) is 19.6 Å². The fraction of sp³-hybridized carbons (Fsp3) is 0.154. The zero-order valence-electron chi connectivity index (χ0n) is 18.9. The topological polar surface area (TPSA) is 96.3 Å². The molecule has 2 heterocycles. The summed E-state index contributed by atoms with van der Waals surface area (Å²) in [4.78, 5) is 37.3. The summed E-state index contributed by atoms with van der Waals surface area (Å²) < 4.78 is 15.4. The molecule has 1 aromatic heterocycles. The van der Waals surface area contributed by atoms with Gasteiger partial charge in [-0.2, -0.15) is 5.10 Å². The Morgan fingerprint density at radius 1 is 1.11 bits per heavy atom. The zero-order valence-corrected chi connectivity index (χ0v) is 18.9. The molecule has 35 heavy (non-hydrogen) atoms. The van der Waals surface area contributed by atoms with E-state index in [1.165, 1.54) is 12.1 Å². The van der Waals surface area contributed by atoms with Gasteiger partial charge in [0.25, 0.3) is 5.91 Å². The lowest BCUT2D eigenvalue weighted by Gasteiger charge is -2.25. The van der Waals surface area contributed by atoms with Crippen molar-refractivity contribution in [2.45, 2.75) is 12.6 Å². The number of nitrogens with one attached hydrogen (secondary N) is 2. The number of aromatic nitrogens is 2. The SMILES string of the molecule is Cn1cc2cc(-c3ccc([C@H](CN4Cc5ccc(F)cc5C4=O)NC(=O)NC=O)cc3)ccc2n1. The van der Waals surface area contributed by atoms with Crippen molar-refractivity contribution in [1.29, 1.82) is 0 Å². The smallest absolute Gasteiger partial charge is 0.321 e. The van der Waals surface area contributed by atoms with Crippen LogP contribution in [0.4, 0.5) is 9.18 Å². The maximum Gasteiger partial charge on any atom is 0.321 e. The number of nitrogens with zero attached hydrogens (tertiary/aromatic N) is 3. The number of hydrogen-bond donors (Lipinski definition) is 2. The molecule has 0 aliphatic carbocycles. The Labute approximate surface area is 200 Å². The van der Waals surface area contributed by atoms with Gasteiger partial charge in [0, 0.05) is 37.3 Å². The second-order valence-corrected chi connectivity index (χ2v) is 8.47. The van der Waals surface area contributed by atoms with E-state index >= 15 is 0 Å². The van der Waals surface area contributed by atoms with Gasteiger partial charge < -0.3 is 10.2 Å². The minimum absolute atomic E-state index is 0.155. The molecule has 176 valence electrons. The predicted octanol–water partition coefficient (Wildman–Crippen LogP) is 3.53. The van der Waals surface area contributed by atoms with Crippen LogP contribution >= 0.6 is 0 Å². The lowest BCUT2D eigenvalue weighted by molar-refractivity contribution is -0.108. The Kier molecular flexibility index (Phi) is 5.74. The number of carbonyl (C=O) groups is 3. The fourth-order valence-corrected chi connectivity index (χ4v) is 4.43. The predicted molar refractivity (Wildman–Crippen MR) is 128 cm³/mol. The number of benzene rings is 3. The maximum absolute atomic E-state index is 13.6. The number of fused-ring (bicyclic) bond motifs is 2. The summed E-state index contributed by atoms with van der Waals surface area (Å²) in [5, 5.41) is 10.2. The third-order valence-electron chi connectivity index (χ3n) is 6.11. The fourth-order valence-electron chi connectivity index (χ4n) is 4.43. The van der Waals surface area contributed by atoms with Crippen molar-refractivity contribution >= 4 is 29.3 Å². The van der Waals surface area contributed by atoms with Crippen molar-refractivity contribution in [3.05, 3.63) is 89.4 Å². The standard InChI is InChI=1S/C26H22FN5O3/c1-31-12-20-10-18(7-9-23(20)30-31)16-2-4-17(5-3-16)24(29-26(35)28-15-33)14-32-13-19-6-8-21(27)11-22(19)25(32)34/h2-12,15,24H,13-14H2,1H3,(H2,28,29,33,35)/t24-/m0/s1. The first-order chi connectivity index (χ1) is 16.9. The molecule has 0 saturated heterocycles. The molecule has 0 fully saturated rings. The van der Waals surface area contributed by atoms with Crippen molar-refractivity contribution < 1.29 is 18.8 Å². The van der Waals surface area contributed by atoms with Gasteiger partial charge >= 0.3 is 6.03 Å². The summed E-state index contributed by atoms with van der Waals surface area (Å²) in [5.41, 5.74) is 4.72. The minimum Gasteiger partial charge on any atom is -0.332 e. The van der Waals surface area contributed by atoms with Crippen molar-refractivity contribution in [3.8, 4) is 11.1 Å². The number of hydrogen-bond acceptors (Lipinski definition) is 4. The van der Waals surface area contributed by atoms with Gasteiger partial charge in [0.1, 0.15) is 5.82 Å². The number of carbonyl (C=O) groups excluding carboxylic acids is 3. The van der Waals surface area contributed by atoms with E-state index in [0.29, 0.717) is 18.5 Å². The van der Waals surface area contributed by atoms with E-state index in [9.17, 15) is 18.8 Å². The molecule has 3 aromatic carbocycles. The van der Waals surface area contributed by atoms with Crippen LogP contribution < -0.4 is 10.6 Å². The first kappa shape index (κ1) is 22.3. The largest absolute Gasteiger partial charge is 0.332 e. The van der Waals surface area contributed by atoms with Gasteiger partial charge in [0.05, 0.1) is 11.6 Å². The third kappa shape index (κ3) is 4.48. The van der Waals surface area contributed by atoms with Gasteiger partial charge in [0.2, 0.25) is 6.41 Å². The van der Waals surface area contributed by atoms with Crippen LogP contribution in [0.2, 0.25) is 0 Å². The summed E-state index contributed by atoms with van der Waals surface area (Å²) in [6, 6.07) is 16.5. The number of amides is 4. The Morgan fingerprint density at radius 2 is 1.89 bits per heavy atom. The Hall–Kier alpha value is -4.53. The monoisotopic (exact) mass is 471 g/mol. The van der Waals surface area contributed by atoms with E-state index in [2.05, 4.69) is 21.8 Å². The van der Waals surface area contributed by atoms with Crippen molar-refractivity contribution in [3.63, 3.8) is 0 Å².